The molecule has 0 aliphatic heterocycles. The molecular formula is C29H36BrP. The number of unbranched alkanes of at least 4 members (excludes halogenated alkanes) is 4. The summed E-state index contributed by atoms with van der Waals surface area (Å²) in [5, 5.41) is 0. The Bertz CT molecular complexity index is 731. The van der Waals surface area contributed by atoms with Crippen LogP contribution in [0.15, 0.2) is 91.0 Å². The van der Waals surface area contributed by atoms with E-state index in [0.717, 1.165) is 26.5 Å². The van der Waals surface area contributed by atoms with Gasteiger partial charge in [-0.1, -0.05) is 139 Å². The van der Waals surface area contributed by atoms with E-state index in [2.05, 4.69) is 106 Å². The largest absolute Gasteiger partial charge is 0.0642 e. The van der Waals surface area contributed by atoms with Crippen LogP contribution in [-0.2, 0) is 19.3 Å². The molecule has 0 nitrogen and oxygen atoms in total. The number of rotatable bonds is 14. The summed E-state index contributed by atoms with van der Waals surface area (Å²) in [5.41, 5.74) is 4.65. The summed E-state index contributed by atoms with van der Waals surface area (Å²) in [6.07, 6.45) is 12.8. The zero-order valence-corrected chi connectivity index (χ0v) is 21.2. The standard InChI is InChI=1S/C29H36BrP/c30-31-22-14-3-1-2-13-21-29(23-26-15-7-4-8-16-26,24-27-17-9-5-10-18-27)25-28-19-11-6-12-20-28/h4-12,15-20,31H,1-3,13-14,21-25H2. The van der Waals surface area contributed by atoms with Crippen LogP contribution in [0, 0.1) is 5.41 Å². The first kappa shape index (κ1) is 24.2. The van der Waals surface area contributed by atoms with Crippen molar-refractivity contribution in [1.82, 2.24) is 0 Å². The first-order valence-electron chi connectivity index (χ1n) is 11.7. The third-order valence-electron chi connectivity index (χ3n) is 6.24. The van der Waals surface area contributed by atoms with E-state index in [4.69, 9.17) is 0 Å². The van der Waals surface area contributed by atoms with Crippen molar-refractivity contribution in [3.63, 3.8) is 0 Å². The lowest BCUT2D eigenvalue weighted by atomic mass is 9.69. The summed E-state index contributed by atoms with van der Waals surface area (Å²) in [4.78, 5) is 0. The molecule has 3 rings (SSSR count). The van der Waals surface area contributed by atoms with Crippen molar-refractivity contribution in [2.45, 2.75) is 57.8 Å². The van der Waals surface area contributed by atoms with Gasteiger partial charge in [-0.3, -0.25) is 0 Å². The number of hydrogen-bond donors (Lipinski definition) is 0. The van der Waals surface area contributed by atoms with E-state index in [1.165, 1.54) is 61.4 Å². The number of hydrogen-bond acceptors (Lipinski definition) is 0. The quantitative estimate of drug-likeness (QED) is 0.155. The van der Waals surface area contributed by atoms with Gasteiger partial charge in [0.2, 0.25) is 0 Å². The number of halogens is 1. The van der Waals surface area contributed by atoms with Gasteiger partial charge in [-0.2, -0.15) is 0 Å². The van der Waals surface area contributed by atoms with E-state index in [9.17, 15) is 0 Å². The summed E-state index contributed by atoms with van der Waals surface area (Å²) in [7, 11) is 0.925. The molecule has 0 aromatic heterocycles. The van der Waals surface area contributed by atoms with Crippen molar-refractivity contribution in [3.05, 3.63) is 108 Å². The fraction of sp³-hybridized carbons (Fsp3) is 0.379. The maximum absolute atomic E-state index is 3.58. The summed E-state index contributed by atoms with van der Waals surface area (Å²) >= 11 is 3.58. The van der Waals surface area contributed by atoms with Gasteiger partial charge in [-0.25, -0.2) is 0 Å². The lowest BCUT2D eigenvalue weighted by molar-refractivity contribution is 0.243. The van der Waals surface area contributed by atoms with Crippen LogP contribution in [-0.4, -0.2) is 6.16 Å². The highest BCUT2D eigenvalue weighted by atomic mass is 79.9. The lowest BCUT2D eigenvalue weighted by Crippen LogP contribution is -2.30. The normalized spacial score (nSPS) is 11.9. The minimum Gasteiger partial charge on any atom is -0.0642 e. The first-order valence-corrected chi connectivity index (χ1v) is 15.2. The molecule has 164 valence electrons. The van der Waals surface area contributed by atoms with Crippen LogP contribution in [0.25, 0.3) is 0 Å². The van der Waals surface area contributed by atoms with Crippen LogP contribution < -0.4 is 0 Å². The minimum absolute atomic E-state index is 0.251. The Morgan fingerprint density at radius 3 is 1.32 bits per heavy atom. The van der Waals surface area contributed by atoms with Crippen molar-refractivity contribution in [1.29, 1.82) is 0 Å². The van der Waals surface area contributed by atoms with Gasteiger partial charge in [0.05, 0.1) is 0 Å². The molecule has 3 aromatic carbocycles. The van der Waals surface area contributed by atoms with Crippen molar-refractivity contribution in [2.24, 2.45) is 5.41 Å². The second kappa shape index (κ2) is 13.9. The Balaban J connectivity index is 1.78. The van der Waals surface area contributed by atoms with Crippen LogP contribution in [0.2, 0.25) is 0 Å². The maximum atomic E-state index is 3.58. The zero-order valence-electron chi connectivity index (χ0n) is 18.6. The molecule has 0 fully saturated rings. The molecule has 0 saturated carbocycles. The average Bonchev–Trinajstić information content (AvgIpc) is 2.80. The fourth-order valence-corrected chi connectivity index (χ4v) is 5.99. The zero-order chi connectivity index (χ0) is 21.6. The van der Waals surface area contributed by atoms with Crippen LogP contribution in [0.4, 0.5) is 0 Å². The molecule has 0 spiro atoms. The fourth-order valence-electron chi connectivity index (χ4n) is 4.76. The third-order valence-corrected chi connectivity index (χ3v) is 7.98. The summed E-state index contributed by atoms with van der Waals surface area (Å²) in [6.45, 7) is 0. The smallest absolute Gasteiger partial charge is 0.0176 e. The van der Waals surface area contributed by atoms with Crippen molar-refractivity contribution < 1.29 is 0 Å². The molecule has 0 N–H and O–H groups in total. The second-order valence-corrected chi connectivity index (χ2v) is 11.3. The summed E-state index contributed by atoms with van der Waals surface area (Å²) in [6, 6.07) is 33.4. The Morgan fingerprint density at radius 1 is 0.516 bits per heavy atom. The van der Waals surface area contributed by atoms with E-state index < -0.39 is 0 Å². The van der Waals surface area contributed by atoms with Gasteiger partial charge in [-0.15, -0.1) is 0 Å². The number of benzene rings is 3. The predicted molar refractivity (Wildman–Crippen MR) is 143 cm³/mol. The molecular weight excluding hydrogens is 459 g/mol. The highest BCUT2D eigenvalue weighted by Crippen LogP contribution is 2.37. The van der Waals surface area contributed by atoms with Crippen LogP contribution in [0.1, 0.15) is 55.2 Å². The summed E-state index contributed by atoms with van der Waals surface area (Å²) in [5.74, 6) is 0. The van der Waals surface area contributed by atoms with E-state index in [0.29, 0.717) is 0 Å². The third kappa shape index (κ3) is 8.91. The molecule has 0 amide bonds. The molecule has 0 aliphatic rings. The first-order chi connectivity index (χ1) is 15.3. The van der Waals surface area contributed by atoms with Gasteiger partial charge in [0.25, 0.3) is 0 Å². The van der Waals surface area contributed by atoms with Gasteiger partial charge in [-0.05, 0) is 60.4 Å². The van der Waals surface area contributed by atoms with Gasteiger partial charge in [0, 0.05) is 0 Å². The van der Waals surface area contributed by atoms with Gasteiger partial charge < -0.3 is 0 Å². The van der Waals surface area contributed by atoms with E-state index >= 15 is 0 Å². The topological polar surface area (TPSA) is 0 Å². The maximum Gasteiger partial charge on any atom is -0.0176 e. The average molecular weight is 495 g/mol. The molecule has 2 heteroatoms. The monoisotopic (exact) mass is 494 g/mol. The lowest BCUT2D eigenvalue weighted by Gasteiger charge is -2.35. The van der Waals surface area contributed by atoms with E-state index in [1.807, 2.05) is 0 Å². The molecule has 0 aliphatic carbocycles. The highest BCUT2D eigenvalue weighted by Gasteiger charge is 2.30. The molecule has 1 unspecified atom stereocenters. The Morgan fingerprint density at radius 2 is 0.903 bits per heavy atom. The SMILES string of the molecule is BrPCCCCCCCC(Cc1ccccc1)(Cc1ccccc1)Cc1ccccc1. The van der Waals surface area contributed by atoms with Gasteiger partial charge >= 0.3 is 0 Å². The van der Waals surface area contributed by atoms with Crippen LogP contribution in [0.5, 0.6) is 0 Å². The molecule has 1 atom stereocenters. The summed E-state index contributed by atoms with van der Waals surface area (Å²) < 4.78 is 0. The van der Waals surface area contributed by atoms with E-state index in [1.54, 1.807) is 0 Å². The van der Waals surface area contributed by atoms with Crippen molar-refractivity contribution in [2.75, 3.05) is 6.16 Å². The molecule has 0 bridgehead atoms. The van der Waals surface area contributed by atoms with Crippen LogP contribution >= 0.6 is 22.8 Å². The van der Waals surface area contributed by atoms with E-state index in [-0.39, 0.29) is 5.41 Å². The van der Waals surface area contributed by atoms with Crippen molar-refractivity contribution in [3.8, 4) is 0 Å². The molecule has 0 saturated heterocycles. The van der Waals surface area contributed by atoms with Crippen LogP contribution in [0.3, 0.4) is 0 Å². The van der Waals surface area contributed by atoms with Gasteiger partial charge in [0.1, 0.15) is 0 Å². The Labute approximate surface area is 199 Å². The minimum atomic E-state index is 0.251. The Hall–Kier alpha value is -1.43. The predicted octanol–water partition coefficient (Wildman–Crippen LogP) is 9.03. The van der Waals surface area contributed by atoms with Gasteiger partial charge in [0.15, 0.2) is 0 Å². The highest BCUT2D eigenvalue weighted by molar-refractivity contribution is 9.36. The molecule has 0 heterocycles. The Kier molecular flexibility index (Phi) is 10.8. The molecule has 3 aromatic rings. The molecule has 0 radical (unpaired) electrons. The molecule has 31 heavy (non-hydrogen) atoms. The van der Waals surface area contributed by atoms with Crippen molar-refractivity contribution >= 4 is 22.8 Å². The second-order valence-electron chi connectivity index (χ2n) is 8.89.